The van der Waals surface area contributed by atoms with E-state index >= 15 is 0 Å². The van der Waals surface area contributed by atoms with E-state index in [0.717, 1.165) is 25.0 Å². The van der Waals surface area contributed by atoms with E-state index in [1.54, 1.807) is 0 Å². The zero-order valence-corrected chi connectivity index (χ0v) is 16.9. The average molecular weight is 382 g/mol. The summed E-state index contributed by atoms with van der Waals surface area (Å²) in [5.41, 5.74) is 9.77. The SMILES string of the molecule is CC(C)C(N)C(=O)OC(CC1c2ccccc2-c2cncn21)C1CCCCC1. The van der Waals surface area contributed by atoms with Crippen LogP contribution in [-0.4, -0.2) is 27.7 Å². The summed E-state index contributed by atoms with van der Waals surface area (Å²) in [6, 6.07) is 8.08. The van der Waals surface area contributed by atoms with Crippen molar-refractivity contribution in [2.45, 2.75) is 70.6 Å². The second kappa shape index (κ2) is 8.08. The number of carbonyl (C=O) groups excluding carboxylic acids is 1. The van der Waals surface area contributed by atoms with E-state index in [1.807, 2.05) is 26.4 Å². The first-order valence-electron chi connectivity index (χ1n) is 10.6. The van der Waals surface area contributed by atoms with Crippen molar-refractivity contribution in [3.63, 3.8) is 0 Å². The lowest BCUT2D eigenvalue weighted by Crippen LogP contribution is -2.41. The van der Waals surface area contributed by atoms with E-state index in [-0.39, 0.29) is 24.0 Å². The van der Waals surface area contributed by atoms with E-state index in [4.69, 9.17) is 10.5 Å². The zero-order chi connectivity index (χ0) is 19.7. The molecule has 1 saturated carbocycles. The molecule has 1 fully saturated rings. The first-order valence-corrected chi connectivity index (χ1v) is 10.6. The second-order valence-corrected chi connectivity index (χ2v) is 8.67. The Bertz CT molecular complexity index is 823. The van der Waals surface area contributed by atoms with E-state index in [9.17, 15) is 4.79 Å². The molecular weight excluding hydrogens is 350 g/mol. The van der Waals surface area contributed by atoms with Gasteiger partial charge < -0.3 is 15.0 Å². The summed E-state index contributed by atoms with van der Waals surface area (Å²) in [5, 5.41) is 0. The van der Waals surface area contributed by atoms with Crippen LogP contribution in [0.1, 0.15) is 64.0 Å². The van der Waals surface area contributed by atoms with Crippen molar-refractivity contribution in [2.75, 3.05) is 0 Å². The topological polar surface area (TPSA) is 70.1 Å². The van der Waals surface area contributed by atoms with Gasteiger partial charge in [-0.1, -0.05) is 57.4 Å². The molecule has 3 unspecified atom stereocenters. The van der Waals surface area contributed by atoms with E-state index in [2.05, 4.69) is 33.8 Å². The Kier molecular flexibility index (Phi) is 5.54. The van der Waals surface area contributed by atoms with E-state index < -0.39 is 6.04 Å². The molecule has 1 aromatic heterocycles. The van der Waals surface area contributed by atoms with Crippen LogP contribution in [0.5, 0.6) is 0 Å². The number of hydrogen-bond donors (Lipinski definition) is 1. The summed E-state index contributed by atoms with van der Waals surface area (Å²) in [5.74, 6) is 0.228. The smallest absolute Gasteiger partial charge is 0.323 e. The van der Waals surface area contributed by atoms with Crippen molar-refractivity contribution in [3.8, 4) is 11.3 Å². The number of aromatic nitrogens is 2. The molecule has 1 aliphatic carbocycles. The largest absolute Gasteiger partial charge is 0.461 e. The van der Waals surface area contributed by atoms with E-state index in [0.29, 0.717) is 5.92 Å². The van der Waals surface area contributed by atoms with Crippen LogP contribution >= 0.6 is 0 Å². The average Bonchev–Trinajstić information content (AvgIpc) is 3.30. The number of nitrogens with zero attached hydrogens (tertiary/aromatic N) is 2. The first-order chi connectivity index (χ1) is 13.6. The van der Waals surface area contributed by atoms with Gasteiger partial charge in [0.1, 0.15) is 12.1 Å². The molecule has 0 amide bonds. The van der Waals surface area contributed by atoms with Crippen LogP contribution in [-0.2, 0) is 9.53 Å². The highest BCUT2D eigenvalue weighted by atomic mass is 16.5. The van der Waals surface area contributed by atoms with Crippen molar-refractivity contribution in [1.82, 2.24) is 9.55 Å². The minimum absolute atomic E-state index is 0.0759. The number of esters is 1. The number of fused-ring (bicyclic) bond motifs is 3. The molecule has 5 heteroatoms. The number of carbonyl (C=O) groups is 1. The molecule has 2 aromatic rings. The van der Waals surface area contributed by atoms with Crippen molar-refractivity contribution in [2.24, 2.45) is 17.6 Å². The Morgan fingerprint density at radius 1 is 1.25 bits per heavy atom. The minimum Gasteiger partial charge on any atom is -0.461 e. The van der Waals surface area contributed by atoms with Gasteiger partial charge in [-0.2, -0.15) is 0 Å². The molecule has 0 radical (unpaired) electrons. The van der Waals surface area contributed by atoms with Crippen LogP contribution in [0.15, 0.2) is 36.8 Å². The van der Waals surface area contributed by atoms with Gasteiger partial charge >= 0.3 is 5.97 Å². The lowest BCUT2D eigenvalue weighted by Gasteiger charge is -2.33. The number of ether oxygens (including phenoxy) is 1. The Hall–Kier alpha value is -2.14. The summed E-state index contributed by atoms with van der Waals surface area (Å²) in [7, 11) is 0. The fraction of sp³-hybridized carbons (Fsp3) is 0.565. The van der Waals surface area contributed by atoms with Crippen LogP contribution in [0.25, 0.3) is 11.3 Å². The highest BCUT2D eigenvalue weighted by Gasteiger charge is 2.36. The number of imidazole rings is 1. The summed E-state index contributed by atoms with van der Waals surface area (Å²) >= 11 is 0. The Morgan fingerprint density at radius 2 is 2.00 bits per heavy atom. The normalized spacial score (nSPS) is 21.2. The highest BCUT2D eigenvalue weighted by molar-refractivity contribution is 5.76. The predicted octanol–water partition coefficient (Wildman–Crippen LogP) is 4.32. The van der Waals surface area contributed by atoms with Crippen molar-refractivity contribution in [1.29, 1.82) is 0 Å². The van der Waals surface area contributed by atoms with Gasteiger partial charge in [-0.05, 0) is 30.2 Å². The molecule has 150 valence electrons. The standard InChI is InChI=1S/C23H31N3O2/c1-15(2)22(24)23(27)28-21(16-8-4-3-5-9-16)12-19-17-10-6-7-11-18(17)20-13-25-14-26(19)20/h6-7,10-11,13-16,19,21-22H,3-5,8-9,12,24H2,1-2H3. The summed E-state index contributed by atoms with van der Waals surface area (Å²) in [6.45, 7) is 3.93. The van der Waals surface area contributed by atoms with Gasteiger partial charge in [0, 0.05) is 12.0 Å². The van der Waals surface area contributed by atoms with Gasteiger partial charge in [0.15, 0.2) is 0 Å². The summed E-state index contributed by atoms with van der Waals surface area (Å²) in [4.78, 5) is 17.0. The number of hydrogen-bond acceptors (Lipinski definition) is 4. The third-order valence-electron chi connectivity index (χ3n) is 6.49. The molecule has 0 saturated heterocycles. The molecule has 2 aliphatic rings. The quantitative estimate of drug-likeness (QED) is 0.757. The minimum atomic E-state index is -0.564. The maximum atomic E-state index is 12.7. The third-order valence-corrected chi connectivity index (χ3v) is 6.49. The summed E-state index contributed by atoms with van der Waals surface area (Å²) < 4.78 is 8.32. The van der Waals surface area contributed by atoms with Crippen LogP contribution in [0.3, 0.4) is 0 Å². The maximum Gasteiger partial charge on any atom is 0.323 e. The second-order valence-electron chi connectivity index (χ2n) is 8.67. The lowest BCUT2D eigenvalue weighted by molar-refractivity contribution is -0.156. The van der Waals surface area contributed by atoms with Crippen LogP contribution in [0.4, 0.5) is 0 Å². The molecule has 1 aromatic carbocycles. The molecular formula is C23H31N3O2. The van der Waals surface area contributed by atoms with Crippen LogP contribution in [0, 0.1) is 11.8 Å². The van der Waals surface area contributed by atoms with Gasteiger partial charge in [-0.15, -0.1) is 0 Å². The van der Waals surface area contributed by atoms with Gasteiger partial charge in [-0.25, -0.2) is 4.98 Å². The fourth-order valence-electron chi connectivity index (χ4n) is 4.74. The monoisotopic (exact) mass is 381 g/mol. The highest BCUT2D eigenvalue weighted by Crippen LogP contribution is 2.43. The Morgan fingerprint density at radius 3 is 2.75 bits per heavy atom. The van der Waals surface area contributed by atoms with Crippen LogP contribution in [0.2, 0.25) is 0 Å². The van der Waals surface area contributed by atoms with Gasteiger partial charge in [0.05, 0.1) is 24.3 Å². The van der Waals surface area contributed by atoms with Crippen molar-refractivity contribution < 1.29 is 9.53 Å². The molecule has 28 heavy (non-hydrogen) atoms. The van der Waals surface area contributed by atoms with Crippen LogP contribution < -0.4 is 5.73 Å². The van der Waals surface area contributed by atoms with Gasteiger partial charge in [-0.3, -0.25) is 4.79 Å². The molecule has 0 bridgehead atoms. The summed E-state index contributed by atoms with van der Waals surface area (Å²) in [6.07, 6.45) is 10.5. The molecule has 1 aliphatic heterocycles. The predicted molar refractivity (Wildman–Crippen MR) is 110 cm³/mol. The van der Waals surface area contributed by atoms with Gasteiger partial charge in [0.2, 0.25) is 0 Å². The van der Waals surface area contributed by atoms with E-state index in [1.165, 1.54) is 30.4 Å². The van der Waals surface area contributed by atoms with Crippen molar-refractivity contribution >= 4 is 5.97 Å². The maximum absolute atomic E-state index is 12.7. The molecule has 5 nitrogen and oxygen atoms in total. The molecule has 3 atom stereocenters. The number of rotatable bonds is 6. The lowest BCUT2D eigenvalue weighted by atomic mass is 9.82. The van der Waals surface area contributed by atoms with Crippen molar-refractivity contribution in [3.05, 3.63) is 42.4 Å². The van der Waals surface area contributed by atoms with Gasteiger partial charge in [0.25, 0.3) is 0 Å². The zero-order valence-electron chi connectivity index (χ0n) is 16.9. The molecule has 4 rings (SSSR count). The Balaban J connectivity index is 1.60. The molecule has 2 N–H and O–H groups in total. The number of benzene rings is 1. The first kappa shape index (κ1) is 19.2. The fourth-order valence-corrected chi connectivity index (χ4v) is 4.74. The third kappa shape index (κ3) is 3.60. The Labute approximate surface area is 167 Å². The molecule has 0 spiro atoms. The number of nitrogens with two attached hydrogens (primary N) is 1. The molecule has 2 heterocycles.